The van der Waals surface area contributed by atoms with Gasteiger partial charge in [0.2, 0.25) is 5.60 Å². The molecule has 2 fully saturated rings. The van der Waals surface area contributed by atoms with E-state index >= 15 is 4.79 Å². The standard InChI is InChI=1S/C37H46N4O8S/c1-25(2)29-9-7-8-10-30(29)37(49-36(43)40-21-19-39(20-22-40)26-15-17-38(3)18-16-26)31-23-27(46-4)11-13-32(31)41(35(37)42)50(44,45)34-14-12-28(47-5)24-33(34)48-6/h7-14,23-26H,15-22H2,1-6H3. The minimum atomic E-state index is -4.64. The summed E-state index contributed by atoms with van der Waals surface area (Å²) in [7, 11) is 1.78. The summed E-state index contributed by atoms with van der Waals surface area (Å²) in [5.41, 5.74) is -0.806. The van der Waals surface area contributed by atoms with E-state index in [0.717, 1.165) is 35.8 Å². The molecule has 50 heavy (non-hydrogen) atoms. The SMILES string of the molecule is COc1ccc(S(=O)(=O)N2C(=O)C(OC(=O)N3CCN(C4CCN(C)CC4)CC3)(c3ccccc3C(C)C)c3cc(OC)ccc32)c(OC)c1. The minimum absolute atomic E-state index is 0.00762. The Bertz CT molecular complexity index is 1850. The van der Waals surface area contributed by atoms with Crippen molar-refractivity contribution in [3.8, 4) is 17.2 Å². The third kappa shape index (κ3) is 6.15. The number of piperazine rings is 1. The van der Waals surface area contributed by atoms with Gasteiger partial charge in [-0.15, -0.1) is 0 Å². The first-order valence-corrected chi connectivity index (χ1v) is 18.4. The minimum Gasteiger partial charge on any atom is -0.497 e. The maximum absolute atomic E-state index is 15.2. The number of carbonyl (C=O) groups excluding carboxylic acids is 2. The van der Waals surface area contributed by atoms with Gasteiger partial charge in [-0.05, 0) is 74.8 Å². The van der Waals surface area contributed by atoms with Crippen molar-refractivity contribution in [1.82, 2.24) is 14.7 Å². The van der Waals surface area contributed by atoms with Crippen molar-refractivity contribution in [2.24, 2.45) is 0 Å². The van der Waals surface area contributed by atoms with E-state index in [9.17, 15) is 13.2 Å². The highest BCUT2D eigenvalue weighted by Gasteiger charge is 2.61. The molecule has 0 aliphatic carbocycles. The van der Waals surface area contributed by atoms with Crippen LogP contribution in [0.15, 0.2) is 65.6 Å². The van der Waals surface area contributed by atoms with Crippen LogP contribution in [0.2, 0.25) is 0 Å². The van der Waals surface area contributed by atoms with Crippen molar-refractivity contribution in [1.29, 1.82) is 0 Å². The number of hydrogen-bond acceptors (Lipinski definition) is 10. The number of carbonyl (C=O) groups is 2. The van der Waals surface area contributed by atoms with E-state index in [-0.39, 0.29) is 27.8 Å². The van der Waals surface area contributed by atoms with Crippen LogP contribution in [0.4, 0.5) is 10.5 Å². The maximum atomic E-state index is 15.2. The number of piperidine rings is 1. The quantitative estimate of drug-likeness (QED) is 0.311. The van der Waals surface area contributed by atoms with Gasteiger partial charge in [0, 0.05) is 49.4 Å². The second-order valence-corrected chi connectivity index (χ2v) is 15.1. The smallest absolute Gasteiger partial charge is 0.411 e. The summed E-state index contributed by atoms with van der Waals surface area (Å²) < 4.78 is 52.9. The number of hydrogen-bond donors (Lipinski definition) is 0. The second kappa shape index (κ2) is 14.1. The molecule has 0 radical (unpaired) electrons. The van der Waals surface area contributed by atoms with Crippen LogP contribution in [-0.4, -0.2) is 109 Å². The van der Waals surface area contributed by atoms with Crippen molar-refractivity contribution in [3.05, 3.63) is 77.4 Å². The molecule has 0 bridgehead atoms. The molecule has 3 heterocycles. The van der Waals surface area contributed by atoms with Gasteiger partial charge in [-0.25, -0.2) is 13.2 Å². The van der Waals surface area contributed by atoms with E-state index in [2.05, 4.69) is 16.8 Å². The summed E-state index contributed by atoms with van der Waals surface area (Å²) in [5.74, 6) is -0.304. The molecule has 13 heteroatoms. The average Bonchev–Trinajstić information content (AvgIpc) is 3.38. The highest BCUT2D eigenvalue weighted by atomic mass is 32.2. The van der Waals surface area contributed by atoms with Crippen LogP contribution < -0.4 is 18.5 Å². The van der Waals surface area contributed by atoms with Crippen LogP contribution in [0.5, 0.6) is 17.2 Å². The van der Waals surface area contributed by atoms with E-state index in [1.165, 1.54) is 45.6 Å². The van der Waals surface area contributed by atoms with Gasteiger partial charge in [0.1, 0.15) is 22.1 Å². The third-order valence-corrected chi connectivity index (χ3v) is 11.9. The summed E-state index contributed by atoms with van der Waals surface area (Å²) in [4.78, 5) is 35.7. The highest BCUT2D eigenvalue weighted by molar-refractivity contribution is 7.93. The molecule has 0 N–H and O–H groups in total. The van der Waals surface area contributed by atoms with Crippen molar-refractivity contribution >= 4 is 27.7 Å². The Balaban J connectivity index is 1.46. The number of amides is 2. The van der Waals surface area contributed by atoms with Crippen LogP contribution in [0.1, 0.15) is 49.3 Å². The van der Waals surface area contributed by atoms with E-state index in [1.54, 1.807) is 29.2 Å². The molecule has 2 saturated heterocycles. The Morgan fingerprint density at radius 2 is 1.46 bits per heavy atom. The van der Waals surface area contributed by atoms with Crippen molar-refractivity contribution in [2.75, 3.05) is 72.0 Å². The Morgan fingerprint density at radius 1 is 0.820 bits per heavy atom. The molecule has 3 aliphatic rings. The lowest BCUT2D eigenvalue weighted by molar-refractivity contribution is -0.132. The summed E-state index contributed by atoms with van der Waals surface area (Å²) >= 11 is 0. The lowest BCUT2D eigenvalue weighted by atomic mass is 9.81. The Hall–Kier alpha value is -4.33. The number of likely N-dealkylation sites (tertiary alicyclic amines) is 1. The fourth-order valence-corrected chi connectivity index (χ4v) is 8.95. The fourth-order valence-electron chi connectivity index (χ4n) is 7.35. The van der Waals surface area contributed by atoms with E-state index in [1.807, 2.05) is 26.0 Å². The van der Waals surface area contributed by atoms with Crippen molar-refractivity contribution in [3.63, 3.8) is 0 Å². The number of rotatable bonds is 9. The van der Waals surface area contributed by atoms with E-state index < -0.39 is 27.6 Å². The van der Waals surface area contributed by atoms with Gasteiger partial charge >= 0.3 is 6.09 Å². The fraction of sp³-hybridized carbons (Fsp3) is 0.459. The average molecular weight is 707 g/mol. The molecule has 0 saturated carbocycles. The molecule has 268 valence electrons. The summed E-state index contributed by atoms with van der Waals surface area (Å²) in [6.07, 6.45) is 1.45. The first kappa shape index (κ1) is 35.5. The number of ether oxygens (including phenoxy) is 4. The number of methoxy groups -OCH3 is 3. The summed E-state index contributed by atoms with van der Waals surface area (Å²) in [6.45, 7) is 8.20. The number of anilines is 1. The van der Waals surface area contributed by atoms with Gasteiger partial charge < -0.3 is 28.7 Å². The first-order valence-electron chi connectivity index (χ1n) is 17.0. The van der Waals surface area contributed by atoms with Crippen LogP contribution in [-0.2, 0) is 25.2 Å². The number of sulfonamides is 1. The van der Waals surface area contributed by atoms with Crippen LogP contribution in [0.25, 0.3) is 0 Å². The molecule has 1 unspecified atom stereocenters. The van der Waals surface area contributed by atoms with Gasteiger partial charge in [0.15, 0.2) is 0 Å². The molecule has 3 aliphatic heterocycles. The van der Waals surface area contributed by atoms with Crippen LogP contribution in [0.3, 0.4) is 0 Å². The predicted molar refractivity (Wildman–Crippen MR) is 189 cm³/mol. The van der Waals surface area contributed by atoms with E-state index in [4.69, 9.17) is 18.9 Å². The molecule has 2 amide bonds. The topological polar surface area (TPSA) is 118 Å². The number of fused-ring (bicyclic) bond motifs is 1. The molecule has 12 nitrogen and oxygen atoms in total. The zero-order chi connectivity index (χ0) is 35.8. The Labute approximate surface area is 294 Å². The lowest BCUT2D eigenvalue weighted by Crippen LogP contribution is -2.55. The number of nitrogens with zero attached hydrogens (tertiary/aromatic N) is 4. The highest BCUT2D eigenvalue weighted by Crippen LogP contribution is 2.52. The van der Waals surface area contributed by atoms with Gasteiger partial charge in [-0.1, -0.05) is 38.1 Å². The molecular formula is C37H46N4O8S. The molecular weight excluding hydrogens is 660 g/mol. The van der Waals surface area contributed by atoms with Crippen LogP contribution in [0, 0.1) is 0 Å². The Morgan fingerprint density at radius 3 is 2.10 bits per heavy atom. The molecule has 0 aromatic heterocycles. The van der Waals surface area contributed by atoms with Crippen molar-refractivity contribution < 1.29 is 37.0 Å². The largest absolute Gasteiger partial charge is 0.497 e. The maximum Gasteiger partial charge on any atom is 0.411 e. The Kier molecular flexibility index (Phi) is 10.0. The lowest BCUT2D eigenvalue weighted by Gasteiger charge is -2.42. The van der Waals surface area contributed by atoms with Gasteiger partial charge in [0.25, 0.3) is 15.9 Å². The molecule has 3 aromatic carbocycles. The zero-order valence-corrected chi connectivity index (χ0v) is 30.4. The van der Waals surface area contributed by atoms with Gasteiger partial charge in [0.05, 0.1) is 27.0 Å². The first-order chi connectivity index (χ1) is 24.0. The predicted octanol–water partition coefficient (Wildman–Crippen LogP) is 4.66. The molecule has 6 rings (SSSR count). The van der Waals surface area contributed by atoms with Gasteiger partial charge in [-0.2, -0.15) is 4.31 Å². The van der Waals surface area contributed by atoms with Crippen molar-refractivity contribution in [2.45, 2.75) is 49.1 Å². The third-order valence-electron chi connectivity index (χ3n) is 10.2. The van der Waals surface area contributed by atoms with Crippen LogP contribution >= 0.6 is 0 Å². The van der Waals surface area contributed by atoms with Gasteiger partial charge in [-0.3, -0.25) is 9.69 Å². The molecule has 0 spiro atoms. The molecule has 1 atom stereocenters. The number of benzene rings is 3. The summed E-state index contributed by atoms with van der Waals surface area (Å²) in [5, 5.41) is 0. The summed E-state index contributed by atoms with van der Waals surface area (Å²) in [6, 6.07) is 16.6. The zero-order valence-electron chi connectivity index (χ0n) is 29.5. The van der Waals surface area contributed by atoms with E-state index in [0.29, 0.717) is 49.3 Å². The molecule has 3 aromatic rings. The second-order valence-electron chi connectivity index (χ2n) is 13.3. The normalized spacial score (nSPS) is 20.6. The monoisotopic (exact) mass is 706 g/mol.